The quantitative estimate of drug-likeness (QED) is 0.798. The Balaban J connectivity index is 0.000000416. The maximum absolute atomic E-state index is 12.1. The Hall–Kier alpha value is -2.80. The number of benzene rings is 1. The maximum Gasteiger partial charge on any atom is 0.418 e. The van der Waals surface area contributed by atoms with Gasteiger partial charge >= 0.3 is 12.2 Å². The molecule has 0 radical (unpaired) electrons. The number of rotatable bonds is 2. The fraction of sp³-hybridized carbons (Fsp3) is 0.429. The van der Waals surface area contributed by atoms with Crippen LogP contribution in [0.15, 0.2) is 48.7 Å². The number of ether oxygens (including phenoxy) is 2. The average Bonchev–Trinajstić information content (AvgIpc) is 3.01. The van der Waals surface area contributed by atoms with Crippen molar-refractivity contribution in [3.05, 3.63) is 59.9 Å². The van der Waals surface area contributed by atoms with Crippen LogP contribution in [0.2, 0.25) is 0 Å². The van der Waals surface area contributed by atoms with Gasteiger partial charge in [0.25, 0.3) is 0 Å². The molecule has 1 heterocycles. The van der Waals surface area contributed by atoms with Crippen molar-refractivity contribution in [2.24, 2.45) is 5.73 Å². The second-order valence-electron chi connectivity index (χ2n) is 8.13. The van der Waals surface area contributed by atoms with E-state index in [2.05, 4.69) is 4.74 Å². The van der Waals surface area contributed by atoms with Crippen LogP contribution in [0.4, 0.5) is 9.59 Å². The summed E-state index contributed by atoms with van der Waals surface area (Å²) < 4.78 is 11.2. The number of amides is 1. The fourth-order valence-corrected chi connectivity index (χ4v) is 2.20. The molecule has 154 valence electrons. The molecule has 3 N–H and O–H groups in total. The Kier molecular flexibility index (Phi) is 7.81. The van der Waals surface area contributed by atoms with E-state index in [0.717, 1.165) is 5.56 Å². The van der Waals surface area contributed by atoms with Crippen LogP contribution in [-0.4, -0.2) is 33.1 Å². The summed E-state index contributed by atoms with van der Waals surface area (Å²) in [7, 11) is 0. The van der Waals surface area contributed by atoms with E-state index < -0.39 is 29.5 Å². The second kappa shape index (κ2) is 9.41. The van der Waals surface area contributed by atoms with Crippen molar-refractivity contribution in [3.8, 4) is 0 Å². The van der Waals surface area contributed by atoms with E-state index in [9.17, 15) is 14.7 Å². The van der Waals surface area contributed by atoms with Crippen molar-refractivity contribution in [2.75, 3.05) is 0 Å². The third kappa shape index (κ3) is 8.26. The SMILES string of the molecule is CC(C)(C)OC(=O)n1cccc1C(O)c1ccccc1.CC(C)(C)OC(N)=O. The molecular formula is C21H30N2O5. The number of carbonyl (C=O) groups is 2. The maximum atomic E-state index is 12.1. The van der Waals surface area contributed by atoms with Crippen LogP contribution in [0.5, 0.6) is 0 Å². The van der Waals surface area contributed by atoms with Gasteiger partial charge in [-0.15, -0.1) is 0 Å². The van der Waals surface area contributed by atoms with Gasteiger partial charge in [0.15, 0.2) is 0 Å². The lowest BCUT2D eigenvalue weighted by Crippen LogP contribution is -2.28. The summed E-state index contributed by atoms with van der Waals surface area (Å²) >= 11 is 0. The lowest BCUT2D eigenvalue weighted by atomic mass is 10.1. The monoisotopic (exact) mass is 390 g/mol. The highest BCUT2D eigenvalue weighted by atomic mass is 16.6. The summed E-state index contributed by atoms with van der Waals surface area (Å²) in [6.45, 7) is 10.7. The van der Waals surface area contributed by atoms with Gasteiger partial charge in [0.05, 0.1) is 5.69 Å². The molecule has 0 saturated heterocycles. The second-order valence-corrected chi connectivity index (χ2v) is 8.13. The van der Waals surface area contributed by atoms with Crippen LogP contribution in [0.25, 0.3) is 0 Å². The van der Waals surface area contributed by atoms with Gasteiger partial charge < -0.3 is 20.3 Å². The normalized spacial score (nSPS) is 12.4. The molecular weight excluding hydrogens is 360 g/mol. The molecule has 2 aromatic rings. The smallest absolute Gasteiger partial charge is 0.418 e. The van der Waals surface area contributed by atoms with E-state index in [0.29, 0.717) is 5.69 Å². The van der Waals surface area contributed by atoms with Gasteiger partial charge in [0.2, 0.25) is 0 Å². The molecule has 1 amide bonds. The van der Waals surface area contributed by atoms with Crippen molar-refractivity contribution >= 4 is 12.2 Å². The molecule has 1 unspecified atom stereocenters. The van der Waals surface area contributed by atoms with Crippen molar-refractivity contribution in [1.82, 2.24) is 4.57 Å². The molecule has 0 aliphatic rings. The Bertz CT molecular complexity index is 770. The minimum absolute atomic E-state index is 0.453. The molecule has 0 bridgehead atoms. The highest BCUT2D eigenvalue weighted by molar-refractivity contribution is 5.72. The van der Waals surface area contributed by atoms with Gasteiger partial charge in [-0.3, -0.25) is 4.57 Å². The molecule has 7 nitrogen and oxygen atoms in total. The molecule has 7 heteroatoms. The van der Waals surface area contributed by atoms with Crippen LogP contribution in [0, 0.1) is 0 Å². The third-order valence-corrected chi connectivity index (χ3v) is 3.17. The topological polar surface area (TPSA) is 104 Å². The number of nitrogens with zero attached hydrogens (tertiary/aromatic N) is 1. The number of aromatic nitrogens is 1. The Morgan fingerprint density at radius 3 is 1.89 bits per heavy atom. The predicted molar refractivity (Wildman–Crippen MR) is 107 cm³/mol. The molecule has 0 aliphatic carbocycles. The minimum Gasteiger partial charge on any atom is -0.444 e. The number of primary amides is 1. The van der Waals surface area contributed by atoms with Crippen molar-refractivity contribution in [2.45, 2.75) is 58.8 Å². The number of nitrogens with two attached hydrogens (primary N) is 1. The summed E-state index contributed by atoms with van der Waals surface area (Å²) in [5.41, 5.74) is 4.92. The van der Waals surface area contributed by atoms with Gasteiger partial charge in [0.1, 0.15) is 17.3 Å². The fourth-order valence-electron chi connectivity index (χ4n) is 2.20. The highest BCUT2D eigenvalue weighted by Gasteiger charge is 2.22. The van der Waals surface area contributed by atoms with E-state index in [1.54, 1.807) is 39.1 Å². The first-order valence-electron chi connectivity index (χ1n) is 8.92. The zero-order chi connectivity index (χ0) is 21.5. The van der Waals surface area contributed by atoms with Crippen LogP contribution in [0.1, 0.15) is 58.9 Å². The van der Waals surface area contributed by atoms with Gasteiger partial charge in [-0.05, 0) is 59.2 Å². The van der Waals surface area contributed by atoms with E-state index in [4.69, 9.17) is 10.5 Å². The summed E-state index contributed by atoms with van der Waals surface area (Å²) in [5, 5.41) is 10.4. The third-order valence-electron chi connectivity index (χ3n) is 3.17. The van der Waals surface area contributed by atoms with Gasteiger partial charge in [-0.25, -0.2) is 9.59 Å². The predicted octanol–water partition coefficient (Wildman–Crippen LogP) is 4.23. The largest absolute Gasteiger partial charge is 0.444 e. The van der Waals surface area contributed by atoms with Gasteiger partial charge in [-0.2, -0.15) is 0 Å². The van der Waals surface area contributed by atoms with Gasteiger partial charge in [0, 0.05) is 6.20 Å². The molecule has 0 spiro atoms. The zero-order valence-electron chi connectivity index (χ0n) is 17.3. The number of carbonyl (C=O) groups excluding carboxylic acids is 2. The molecule has 28 heavy (non-hydrogen) atoms. The van der Waals surface area contributed by atoms with Crippen LogP contribution in [-0.2, 0) is 9.47 Å². The van der Waals surface area contributed by atoms with Crippen LogP contribution < -0.4 is 5.73 Å². The number of aliphatic hydroxyl groups excluding tert-OH is 1. The lowest BCUT2D eigenvalue weighted by Gasteiger charge is -2.21. The highest BCUT2D eigenvalue weighted by Crippen LogP contribution is 2.23. The number of hydrogen-bond acceptors (Lipinski definition) is 5. The average molecular weight is 390 g/mol. The Labute approximate surface area is 166 Å². The van der Waals surface area contributed by atoms with E-state index in [-0.39, 0.29) is 0 Å². The first-order valence-corrected chi connectivity index (χ1v) is 8.92. The molecule has 0 saturated carbocycles. The summed E-state index contributed by atoms with van der Waals surface area (Å²) in [5.74, 6) is 0. The van der Waals surface area contributed by atoms with E-state index >= 15 is 0 Å². The molecule has 1 atom stereocenters. The summed E-state index contributed by atoms with van der Waals surface area (Å²) in [4.78, 5) is 22.1. The summed E-state index contributed by atoms with van der Waals surface area (Å²) in [6.07, 6.45) is -0.487. The first-order chi connectivity index (χ1) is 12.8. The molecule has 2 rings (SSSR count). The zero-order valence-corrected chi connectivity index (χ0v) is 17.3. The number of hydrogen-bond donors (Lipinski definition) is 2. The number of aliphatic hydroxyl groups is 1. The van der Waals surface area contributed by atoms with Crippen LogP contribution in [0.3, 0.4) is 0 Å². The first kappa shape index (κ1) is 23.2. The van der Waals surface area contributed by atoms with Gasteiger partial charge in [-0.1, -0.05) is 30.3 Å². The van der Waals surface area contributed by atoms with Crippen LogP contribution >= 0.6 is 0 Å². The lowest BCUT2D eigenvalue weighted by molar-refractivity contribution is 0.0518. The Morgan fingerprint density at radius 2 is 1.46 bits per heavy atom. The molecule has 0 aliphatic heterocycles. The molecule has 1 aromatic heterocycles. The van der Waals surface area contributed by atoms with Crippen molar-refractivity contribution in [1.29, 1.82) is 0 Å². The van der Waals surface area contributed by atoms with Crippen molar-refractivity contribution in [3.63, 3.8) is 0 Å². The van der Waals surface area contributed by atoms with E-state index in [1.807, 2.05) is 51.1 Å². The Morgan fingerprint density at radius 1 is 0.929 bits per heavy atom. The summed E-state index contributed by atoms with van der Waals surface area (Å²) in [6, 6.07) is 12.6. The van der Waals surface area contributed by atoms with E-state index in [1.165, 1.54) is 4.57 Å². The molecule has 0 fully saturated rings. The standard InChI is InChI=1S/C16H19NO3.C5H11NO2/c1-16(2,3)20-15(19)17-11-7-10-13(17)14(18)12-8-5-4-6-9-12;1-5(2,3)8-4(6)7/h4-11,14,18H,1-3H3;1-3H3,(H2,6,7). The molecule has 1 aromatic carbocycles. The van der Waals surface area contributed by atoms with Crippen molar-refractivity contribution < 1.29 is 24.2 Å². The minimum atomic E-state index is -0.862.